The molecule has 4 rings (SSSR count). The van der Waals surface area contributed by atoms with Gasteiger partial charge in [0.1, 0.15) is 12.4 Å². The molecule has 8 heteroatoms. The Hall–Kier alpha value is -3.26. The van der Waals surface area contributed by atoms with Crippen molar-refractivity contribution in [3.8, 4) is 5.82 Å². The predicted molar refractivity (Wildman–Crippen MR) is 117 cm³/mol. The molecule has 30 heavy (non-hydrogen) atoms. The Morgan fingerprint density at radius 3 is 2.77 bits per heavy atom. The topological polar surface area (TPSA) is 72.3 Å². The van der Waals surface area contributed by atoms with E-state index in [0.717, 1.165) is 22.8 Å². The maximum Gasteiger partial charge on any atom is 0.325 e. The summed E-state index contributed by atoms with van der Waals surface area (Å²) in [5.74, 6) is 0.481. The van der Waals surface area contributed by atoms with Crippen molar-refractivity contribution in [1.29, 1.82) is 0 Å². The molecule has 2 unspecified atom stereocenters. The highest BCUT2D eigenvalue weighted by molar-refractivity contribution is 7.80. The van der Waals surface area contributed by atoms with Crippen LogP contribution in [0.1, 0.15) is 36.0 Å². The van der Waals surface area contributed by atoms with E-state index in [9.17, 15) is 4.79 Å². The molecule has 2 atom stereocenters. The molecule has 4 heterocycles. The van der Waals surface area contributed by atoms with Crippen molar-refractivity contribution < 1.29 is 9.53 Å². The number of hydrogen-bond acceptors (Lipinski definition) is 5. The highest BCUT2D eigenvalue weighted by Gasteiger charge is 2.42. The Kier molecular flexibility index (Phi) is 5.76. The summed E-state index contributed by atoms with van der Waals surface area (Å²) < 4.78 is 7.21. The number of rotatable bonds is 6. The molecule has 0 radical (unpaired) electrons. The molecule has 1 N–H and O–H groups in total. The second-order valence-corrected chi connectivity index (χ2v) is 7.44. The van der Waals surface area contributed by atoms with Gasteiger partial charge in [0.05, 0.1) is 24.4 Å². The zero-order valence-electron chi connectivity index (χ0n) is 16.9. The van der Waals surface area contributed by atoms with Crippen LogP contribution in [-0.2, 0) is 9.53 Å². The van der Waals surface area contributed by atoms with Gasteiger partial charge in [-0.1, -0.05) is 12.1 Å². The molecule has 0 saturated carbocycles. The number of carbonyl (C=O) groups is 1. The maximum absolute atomic E-state index is 12.3. The molecule has 3 aromatic rings. The lowest BCUT2D eigenvalue weighted by molar-refractivity contribution is -0.143. The second kappa shape index (κ2) is 8.62. The van der Waals surface area contributed by atoms with E-state index >= 15 is 0 Å². The van der Waals surface area contributed by atoms with E-state index in [0.29, 0.717) is 11.7 Å². The summed E-state index contributed by atoms with van der Waals surface area (Å²) in [7, 11) is 0. The quantitative estimate of drug-likeness (QED) is 0.484. The van der Waals surface area contributed by atoms with Gasteiger partial charge in [0.2, 0.25) is 0 Å². The van der Waals surface area contributed by atoms with Gasteiger partial charge in [-0.2, -0.15) is 0 Å². The van der Waals surface area contributed by atoms with Crippen molar-refractivity contribution in [1.82, 2.24) is 24.8 Å². The third-order valence-electron chi connectivity index (χ3n) is 5.03. The molecular weight excluding hydrogens is 398 g/mol. The van der Waals surface area contributed by atoms with Crippen LogP contribution in [0.4, 0.5) is 0 Å². The lowest BCUT2D eigenvalue weighted by atomic mass is 10.0. The number of aromatic nitrogens is 3. The zero-order valence-corrected chi connectivity index (χ0v) is 17.7. The molecular formula is C22H23N5O2S. The second-order valence-electron chi connectivity index (χ2n) is 7.06. The summed E-state index contributed by atoms with van der Waals surface area (Å²) in [6.45, 7) is 4.18. The van der Waals surface area contributed by atoms with Gasteiger partial charge in [0, 0.05) is 24.3 Å². The van der Waals surface area contributed by atoms with Crippen LogP contribution in [0.15, 0.2) is 61.1 Å². The van der Waals surface area contributed by atoms with Gasteiger partial charge in [-0.3, -0.25) is 9.78 Å². The number of pyridine rings is 2. The van der Waals surface area contributed by atoms with E-state index in [1.807, 2.05) is 71.2 Å². The van der Waals surface area contributed by atoms with Gasteiger partial charge in [0.15, 0.2) is 5.11 Å². The van der Waals surface area contributed by atoms with Crippen molar-refractivity contribution in [3.05, 3.63) is 78.0 Å². The number of nitrogens with one attached hydrogen (secondary N) is 1. The molecule has 154 valence electrons. The summed E-state index contributed by atoms with van der Waals surface area (Å²) in [6.07, 6.45) is 5.56. The maximum atomic E-state index is 12.3. The highest BCUT2D eigenvalue weighted by atomic mass is 32.1. The summed E-state index contributed by atoms with van der Waals surface area (Å²) in [5.41, 5.74) is 2.89. The largest absolute Gasteiger partial charge is 0.465 e. The minimum Gasteiger partial charge on any atom is -0.465 e. The molecule has 0 aromatic carbocycles. The van der Waals surface area contributed by atoms with Gasteiger partial charge >= 0.3 is 5.97 Å². The van der Waals surface area contributed by atoms with Crippen molar-refractivity contribution in [2.75, 3.05) is 13.2 Å². The number of carbonyl (C=O) groups excluding carboxylic acids is 1. The summed E-state index contributed by atoms with van der Waals surface area (Å²) in [5, 5.41) is 3.84. The van der Waals surface area contributed by atoms with E-state index in [-0.39, 0.29) is 24.6 Å². The standard InChI is InChI=1S/C22H23N5O2S/c1-3-29-19(28)14-27-21(20(25-22(27)30)16-7-4-5-11-23-16)17-8-6-12-26(17)18-10-9-15(2)13-24-18/h4-13,20-21H,3,14H2,1-2H3,(H,25,30). The van der Waals surface area contributed by atoms with Crippen LogP contribution >= 0.6 is 12.2 Å². The Bertz CT molecular complexity index is 1040. The first-order valence-electron chi connectivity index (χ1n) is 9.82. The van der Waals surface area contributed by atoms with Crippen LogP contribution < -0.4 is 5.32 Å². The minimum absolute atomic E-state index is 0.0557. The highest BCUT2D eigenvalue weighted by Crippen LogP contribution is 2.39. The van der Waals surface area contributed by atoms with Crippen molar-refractivity contribution in [2.45, 2.75) is 25.9 Å². The third-order valence-corrected chi connectivity index (χ3v) is 5.38. The molecule has 7 nitrogen and oxygen atoms in total. The molecule has 3 aromatic heterocycles. The number of ether oxygens (including phenoxy) is 1. The molecule has 1 aliphatic rings. The van der Waals surface area contributed by atoms with E-state index < -0.39 is 0 Å². The summed E-state index contributed by atoms with van der Waals surface area (Å²) in [4.78, 5) is 23.3. The first kappa shape index (κ1) is 20.0. The van der Waals surface area contributed by atoms with Gasteiger partial charge < -0.3 is 19.5 Å². The SMILES string of the molecule is CCOC(=O)CN1C(=S)NC(c2ccccn2)C1c1cccn1-c1ccc(C)cn1. The summed E-state index contributed by atoms with van der Waals surface area (Å²) >= 11 is 5.60. The van der Waals surface area contributed by atoms with Crippen molar-refractivity contribution >= 4 is 23.3 Å². The first-order chi connectivity index (χ1) is 14.6. The van der Waals surface area contributed by atoms with Gasteiger partial charge in [-0.15, -0.1) is 0 Å². The third kappa shape index (κ3) is 3.91. The molecule has 1 fully saturated rings. The van der Waals surface area contributed by atoms with E-state index in [2.05, 4.69) is 15.3 Å². The number of esters is 1. The Morgan fingerprint density at radius 1 is 1.20 bits per heavy atom. The van der Waals surface area contributed by atoms with E-state index in [4.69, 9.17) is 17.0 Å². The fraction of sp³-hybridized carbons (Fsp3) is 0.273. The summed E-state index contributed by atoms with van der Waals surface area (Å²) in [6, 6.07) is 13.3. The monoisotopic (exact) mass is 421 g/mol. The molecule has 0 aliphatic carbocycles. The lowest BCUT2D eigenvalue weighted by Gasteiger charge is -2.28. The van der Waals surface area contributed by atoms with Gasteiger partial charge in [-0.25, -0.2) is 4.98 Å². The van der Waals surface area contributed by atoms with Crippen LogP contribution in [0.5, 0.6) is 0 Å². The number of nitrogens with zero attached hydrogens (tertiary/aromatic N) is 4. The average molecular weight is 422 g/mol. The van der Waals surface area contributed by atoms with E-state index in [1.54, 1.807) is 13.1 Å². The fourth-order valence-electron chi connectivity index (χ4n) is 3.69. The van der Waals surface area contributed by atoms with Crippen LogP contribution in [0.25, 0.3) is 5.82 Å². The average Bonchev–Trinajstić information content (AvgIpc) is 3.34. The van der Waals surface area contributed by atoms with Crippen LogP contribution in [-0.4, -0.2) is 43.7 Å². The lowest BCUT2D eigenvalue weighted by Crippen LogP contribution is -2.36. The van der Waals surface area contributed by atoms with E-state index in [1.165, 1.54) is 0 Å². The van der Waals surface area contributed by atoms with Crippen molar-refractivity contribution in [3.63, 3.8) is 0 Å². The smallest absolute Gasteiger partial charge is 0.325 e. The Balaban J connectivity index is 1.77. The normalized spacial score (nSPS) is 18.3. The van der Waals surface area contributed by atoms with Crippen LogP contribution in [0.2, 0.25) is 0 Å². The number of thiocarbonyl (C=S) groups is 1. The molecule has 1 saturated heterocycles. The first-order valence-corrected chi connectivity index (χ1v) is 10.2. The minimum atomic E-state index is -0.320. The molecule has 0 spiro atoms. The molecule has 0 amide bonds. The molecule has 1 aliphatic heterocycles. The van der Waals surface area contributed by atoms with Crippen LogP contribution in [0, 0.1) is 6.92 Å². The van der Waals surface area contributed by atoms with Crippen LogP contribution in [0.3, 0.4) is 0 Å². The fourth-order valence-corrected chi connectivity index (χ4v) is 3.99. The molecule has 0 bridgehead atoms. The van der Waals surface area contributed by atoms with Crippen molar-refractivity contribution in [2.24, 2.45) is 0 Å². The van der Waals surface area contributed by atoms with Gasteiger partial charge in [-0.05, 0) is 62.0 Å². The Labute approximate surface area is 180 Å². The predicted octanol–water partition coefficient (Wildman–Crippen LogP) is 3.11. The van der Waals surface area contributed by atoms with Gasteiger partial charge in [0.25, 0.3) is 0 Å². The number of hydrogen-bond donors (Lipinski definition) is 1. The zero-order chi connectivity index (χ0) is 21.1. The number of aryl methyl sites for hydroxylation is 1. The Morgan fingerprint density at radius 2 is 2.07 bits per heavy atom.